The summed E-state index contributed by atoms with van der Waals surface area (Å²) in [5.41, 5.74) is 5.19. The lowest BCUT2D eigenvalue weighted by atomic mass is 10.1. The monoisotopic (exact) mass is 261 g/mol. The summed E-state index contributed by atoms with van der Waals surface area (Å²) in [5.74, 6) is 0.845. The molecule has 0 spiro atoms. The first-order valence-corrected chi connectivity index (χ1v) is 5.84. The molecule has 0 saturated carbocycles. The molecule has 5 N–H and O–H groups in total. The third-order valence-corrected chi connectivity index (χ3v) is 3.41. The summed E-state index contributed by atoms with van der Waals surface area (Å²) in [6.45, 7) is -0.410. The molecule has 2 rings (SSSR count). The molecule has 1 aromatic rings. The minimum Gasteiger partial charge on any atom is -0.394 e. The van der Waals surface area contributed by atoms with Crippen molar-refractivity contribution in [2.45, 2.75) is 24.5 Å². The first-order chi connectivity index (χ1) is 8.04. The molecule has 4 unspecified atom stereocenters. The summed E-state index contributed by atoms with van der Waals surface area (Å²) in [5, 5.41) is 32.0. The van der Waals surface area contributed by atoms with Crippen LogP contribution in [0.1, 0.15) is 16.4 Å². The lowest BCUT2D eigenvalue weighted by Crippen LogP contribution is -2.33. The Morgan fingerprint density at radius 2 is 2.29 bits per heavy atom. The van der Waals surface area contributed by atoms with Gasteiger partial charge in [0.1, 0.15) is 18.3 Å². The molecular formula is C8H12N3O5P. The van der Waals surface area contributed by atoms with Gasteiger partial charge in [-0.15, -0.1) is 0 Å². The summed E-state index contributed by atoms with van der Waals surface area (Å²) in [4.78, 5) is 10.9. The van der Waals surface area contributed by atoms with Gasteiger partial charge >= 0.3 is 0 Å². The fourth-order valence-corrected chi connectivity index (χ4v) is 2.30. The molecule has 0 bridgehead atoms. The van der Waals surface area contributed by atoms with Crippen molar-refractivity contribution in [1.29, 1.82) is 0 Å². The number of hydrogen-bond acceptors (Lipinski definition) is 6. The number of carbonyl (C=O) groups excluding carboxylic acids is 1. The van der Waals surface area contributed by atoms with Crippen LogP contribution in [0.5, 0.6) is 0 Å². The van der Waals surface area contributed by atoms with E-state index in [4.69, 9.17) is 15.6 Å². The molecule has 0 aromatic carbocycles. The zero-order chi connectivity index (χ0) is 12.6. The summed E-state index contributed by atoms with van der Waals surface area (Å²) >= 11 is 0. The molecule has 0 aliphatic carbocycles. The molecule has 1 aromatic heterocycles. The zero-order valence-corrected chi connectivity index (χ0v) is 9.57. The van der Waals surface area contributed by atoms with Crippen molar-refractivity contribution >= 4 is 14.1 Å². The Morgan fingerprint density at radius 3 is 2.76 bits per heavy atom. The number of primary amides is 1. The Kier molecular flexibility index (Phi) is 3.41. The number of ether oxygens (including phenoxy) is 1. The molecule has 2 heterocycles. The van der Waals surface area contributed by atoms with Crippen molar-refractivity contribution in [3.8, 4) is 0 Å². The maximum atomic E-state index is 10.9. The van der Waals surface area contributed by atoms with Crippen molar-refractivity contribution in [2.24, 2.45) is 5.73 Å². The van der Waals surface area contributed by atoms with Crippen LogP contribution in [0, 0.1) is 0 Å². The molecule has 1 aliphatic rings. The lowest BCUT2D eigenvalue weighted by molar-refractivity contribution is -0.0585. The fourth-order valence-electron chi connectivity index (χ4n) is 1.61. The van der Waals surface area contributed by atoms with Gasteiger partial charge in [-0.25, -0.2) is 4.68 Å². The van der Waals surface area contributed by atoms with Gasteiger partial charge in [0.05, 0.1) is 12.5 Å². The van der Waals surface area contributed by atoms with Crippen molar-refractivity contribution in [2.75, 3.05) is 6.61 Å². The van der Waals surface area contributed by atoms with Crippen LogP contribution >= 0.6 is 8.19 Å². The molecule has 17 heavy (non-hydrogen) atoms. The van der Waals surface area contributed by atoms with Gasteiger partial charge in [0.15, 0.2) is 11.7 Å². The number of amides is 1. The second-order valence-electron chi connectivity index (χ2n) is 3.64. The van der Waals surface area contributed by atoms with Crippen molar-refractivity contribution in [1.82, 2.24) is 9.78 Å². The molecule has 94 valence electrons. The maximum absolute atomic E-state index is 10.9. The summed E-state index contributed by atoms with van der Waals surface area (Å²) < 4.78 is 6.46. The lowest BCUT2D eigenvalue weighted by Gasteiger charge is -2.14. The fraction of sp³-hybridized carbons (Fsp3) is 0.625. The molecule has 1 aliphatic heterocycles. The van der Waals surface area contributed by atoms with Crippen LogP contribution in [0.4, 0.5) is 0 Å². The van der Waals surface area contributed by atoms with E-state index in [1.807, 2.05) is 0 Å². The Balaban J connectivity index is 2.19. The van der Waals surface area contributed by atoms with E-state index in [1.54, 1.807) is 0 Å². The first kappa shape index (κ1) is 12.4. The Hall–Kier alpha value is -1.05. The Labute approximate surface area is 97.7 Å². The van der Waals surface area contributed by atoms with E-state index < -0.39 is 37.1 Å². The third kappa shape index (κ3) is 2.18. The molecular weight excluding hydrogens is 249 g/mol. The highest BCUT2D eigenvalue weighted by Gasteiger charge is 2.43. The van der Waals surface area contributed by atoms with Gasteiger partial charge in [-0.2, -0.15) is 5.10 Å². The standard InChI is InChI=1S/C8H12N3O5P/c9-6(15)7-10-11(2-17-7)8-5(14)4(13)3(1-12)16-8/h2-5,8,12-14H,1H2,(H2,9,15). The van der Waals surface area contributed by atoms with Gasteiger partial charge in [-0.05, 0) is 8.19 Å². The van der Waals surface area contributed by atoms with Crippen LogP contribution < -0.4 is 5.73 Å². The van der Waals surface area contributed by atoms with Crippen LogP contribution in [0.25, 0.3) is 0 Å². The number of nitrogens with zero attached hydrogens (tertiary/aromatic N) is 2. The SMILES string of the molecule is NC(=O)c1nn(C2OC(CO)C(O)C2O)cp1. The van der Waals surface area contributed by atoms with Crippen molar-refractivity contribution in [3.05, 3.63) is 11.4 Å². The van der Waals surface area contributed by atoms with E-state index in [-0.39, 0.29) is 5.43 Å². The number of aromatic nitrogens is 2. The molecule has 1 fully saturated rings. The molecule has 1 amide bonds. The number of rotatable bonds is 3. The molecule has 4 atom stereocenters. The van der Waals surface area contributed by atoms with Gasteiger partial charge in [-0.1, -0.05) is 0 Å². The van der Waals surface area contributed by atoms with Crippen LogP contribution in [-0.2, 0) is 4.74 Å². The number of aliphatic hydroxyl groups excluding tert-OH is 3. The highest BCUT2D eigenvalue weighted by atomic mass is 31.0. The van der Waals surface area contributed by atoms with Crippen LogP contribution in [0.15, 0.2) is 5.93 Å². The predicted octanol–water partition coefficient (Wildman–Crippen LogP) is -1.83. The zero-order valence-electron chi connectivity index (χ0n) is 8.67. The van der Waals surface area contributed by atoms with Crippen molar-refractivity contribution < 1.29 is 24.9 Å². The smallest absolute Gasteiger partial charge is 0.273 e. The number of carbonyl (C=O) groups is 1. The molecule has 1 saturated heterocycles. The Morgan fingerprint density at radius 1 is 1.59 bits per heavy atom. The van der Waals surface area contributed by atoms with E-state index in [0.717, 1.165) is 0 Å². The maximum Gasteiger partial charge on any atom is 0.273 e. The van der Waals surface area contributed by atoms with Crippen LogP contribution in [0.3, 0.4) is 0 Å². The third-order valence-electron chi connectivity index (χ3n) is 2.51. The quantitative estimate of drug-likeness (QED) is 0.506. The summed E-state index contributed by atoms with van der Waals surface area (Å²) in [6, 6.07) is 0. The van der Waals surface area contributed by atoms with Crippen LogP contribution in [-0.4, -0.2) is 55.9 Å². The highest BCUT2D eigenvalue weighted by Crippen LogP contribution is 2.30. The van der Waals surface area contributed by atoms with Gasteiger partial charge in [0.25, 0.3) is 5.91 Å². The number of hydrogen-bond donors (Lipinski definition) is 4. The Bertz CT molecular complexity index is 425. The van der Waals surface area contributed by atoms with Gasteiger partial charge in [0.2, 0.25) is 0 Å². The predicted molar refractivity (Wildman–Crippen MR) is 56.3 cm³/mol. The largest absolute Gasteiger partial charge is 0.394 e. The van der Waals surface area contributed by atoms with E-state index in [9.17, 15) is 15.0 Å². The van der Waals surface area contributed by atoms with E-state index in [1.165, 1.54) is 10.6 Å². The summed E-state index contributed by atoms with van der Waals surface area (Å²) in [7, 11) is 0.501. The minimum atomic E-state index is -1.21. The van der Waals surface area contributed by atoms with E-state index in [0.29, 0.717) is 8.19 Å². The van der Waals surface area contributed by atoms with Gasteiger partial charge in [-0.3, -0.25) is 4.79 Å². The minimum absolute atomic E-state index is 0.128. The van der Waals surface area contributed by atoms with Crippen molar-refractivity contribution in [3.63, 3.8) is 0 Å². The average molecular weight is 261 g/mol. The highest BCUT2D eigenvalue weighted by molar-refractivity contribution is 7.31. The second kappa shape index (κ2) is 4.67. The second-order valence-corrected chi connectivity index (χ2v) is 4.55. The van der Waals surface area contributed by atoms with Crippen LogP contribution in [0.2, 0.25) is 0 Å². The normalized spacial score (nSPS) is 33.4. The van der Waals surface area contributed by atoms with Gasteiger partial charge < -0.3 is 25.8 Å². The van der Waals surface area contributed by atoms with Gasteiger partial charge in [0, 0.05) is 0 Å². The average Bonchev–Trinajstić information content (AvgIpc) is 2.87. The summed E-state index contributed by atoms with van der Waals surface area (Å²) in [6.07, 6.45) is -4.20. The molecule has 9 heteroatoms. The topological polar surface area (TPSA) is 131 Å². The van der Waals surface area contributed by atoms with E-state index >= 15 is 0 Å². The number of aliphatic hydroxyl groups is 3. The van der Waals surface area contributed by atoms with E-state index in [2.05, 4.69) is 5.10 Å². The molecule has 0 radical (unpaired) electrons. The molecule has 8 nitrogen and oxygen atoms in total. The number of nitrogens with two attached hydrogens (primary N) is 1. The first-order valence-electron chi connectivity index (χ1n) is 4.88.